The van der Waals surface area contributed by atoms with Crippen molar-refractivity contribution in [3.63, 3.8) is 0 Å². The number of carbonyl (C=O) groups is 3. The average molecular weight is 460 g/mol. The van der Waals surface area contributed by atoms with Crippen molar-refractivity contribution < 1.29 is 19.6 Å². The summed E-state index contributed by atoms with van der Waals surface area (Å²) in [5.41, 5.74) is 4.69. The molecule has 0 radical (unpaired) electrons. The highest BCUT2D eigenvalue weighted by Gasteiger charge is 2.43. The van der Waals surface area contributed by atoms with E-state index in [-0.39, 0.29) is 24.2 Å². The predicted molar refractivity (Wildman–Crippen MR) is 130 cm³/mol. The number of allylic oxidation sites excluding steroid dienone is 2. The van der Waals surface area contributed by atoms with E-state index in [0.717, 1.165) is 12.0 Å². The number of nitrogens with one attached hydrogen (secondary N) is 2. The molecule has 0 aliphatic heterocycles. The van der Waals surface area contributed by atoms with Crippen molar-refractivity contribution in [2.45, 2.75) is 66.7 Å². The molecule has 7 nitrogen and oxygen atoms in total. The van der Waals surface area contributed by atoms with Crippen LogP contribution in [0, 0.1) is 23.7 Å². The van der Waals surface area contributed by atoms with E-state index in [9.17, 15) is 19.6 Å². The molecule has 1 aromatic rings. The van der Waals surface area contributed by atoms with E-state index in [4.69, 9.17) is 0 Å². The third-order valence-corrected chi connectivity index (χ3v) is 5.64. The smallest absolute Gasteiger partial charge is 0.256 e. The summed E-state index contributed by atoms with van der Waals surface area (Å²) in [5, 5.41) is 10.8. The second kappa shape index (κ2) is 13.1. The molecule has 3 amide bonds. The van der Waals surface area contributed by atoms with Crippen molar-refractivity contribution in [2.75, 3.05) is 6.54 Å². The molecule has 184 valence electrons. The first-order valence-corrected chi connectivity index (χ1v) is 11.7. The van der Waals surface area contributed by atoms with Crippen LogP contribution in [-0.2, 0) is 19.8 Å². The first-order chi connectivity index (χ1) is 15.4. The Bertz CT molecular complexity index is 803. The van der Waals surface area contributed by atoms with Gasteiger partial charge in [0.15, 0.2) is 0 Å². The molecular weight excluding hydrogens is 418 g/mol. The van der Waals surface area contributed by atoms with Gasteiger partial charge in [-0.15, -0.1) is 0 Å². The van der Waals surface area contributed by atoms with Crippen LogP contribution >= 0.6 is 0 Å². The molecule has 0 aromatic heterocycles. The fourth-order valence-electron chi connectivity index (χ4n) is 3.86. The van der Waals surface area contributed by atoms with Crippen LogP contribution < -0.4 is 10.9 Å². The normalized spacial score (nSPS) is 13.8. The summed E-state index contributed by atoms with van der Waals surface area (Å²) in [6.45, 7) is 14.0. The zero-order valence-electron chi connectivity index (χ0n) is 21.1. The van der Waals surface area contributed by atoms with E-state index >= 15 is 0 Å². The second-order valence-corrected chi connectivity index (χ2v) is 9.88. The molecule has 1 rings (SSSR count). The highest BCUT2D eigenvalue weighted by Crippen LogP contribution is 2.38. The molecule has 0 saturated carbocycles. The third kappa shape index (κ3) is 8.31. The van der Waals surface area contributed by atoms with Crippen molar-refractivity contribution >= 4 is 17.7 Å². The number of carbonyl (C=O) groups excluding carboxylic acids is 3. The van der Waals surface area contributed by atoms with Gasteiger partial charge < -0.3 is 0 Å². The maximum atomic E-state index is 13.5. The van der Waals surface area contributed by atoms with E-state index in [0.29, 0.717) is 6.54 Å². The van der Waals surface area contributed by atoms with Gasteiger partial charge in [0.2, 0.25) is 5.91 Å². The van der Waals surface area contributed by atoms with Crippen LogP contribution in [0.1, 0.15) is 66.9 Å². The monoisotopic (exact) mass is 459 g/mol. The SMILES string of the molecule is CCC=CC([C@H](C(=O)NO)C(=O)NN(CC(C)C)C(=O)CC(C)C)C(C)(C)c1ccccc1. The number of hydroxylamine groups is 1. The van der Waals surface area contributed by atoms with Crippen molar-refractivity contribution in [1.82, 2.24) is 15.9 Å². The highest BCUT2D eigenvalue weighted by molar-refractivity contribution is 6.01. The number of rotatable bonds is 11. The summed E-state index contributed by atoms with van der Waals surface area (Å²) in [6.07, 6.45) is 4.77. The van der Waals surface area contributed by atoms with Gasteiger partial charge >= 0.3 is 0 Å². The molecule has 7 heteroatoms. The van der Waals surface area contributed by atoms with Crippen LogP contribution in [0.2, 0.25) is 0 Å². The minimum Gasteiger partial charge on any atom is -0.289 e. The Kier molecular flexibility index (Phi) is 11.3. The van der Waals surface area contributed by atoms with Gasteiger partial charge in [-0.25, -0.2) is 5.48 Å². The first kappa shape index (κ1) is 28.4. The third-order valence-electron chi connectivity index (χ3n) is 5.64. The van der Waals surface area contributed by atoms with Gasteiger partial charge in [-0.05, 0) is 29.2 Å². The van der Waals surface area contributed by atoms with Crippen molar-refractivity contribution in [3.05, 3.63) is 48.0 Å². The fraction of sp³-hybridized carbons (Fsp3) is 0.577. The predicted octanol–water partition coefficient (Wildman–Crippen LogP) is 4.23. The number of nitrogens with zero attached hydrogens (tertiary/aromatic N) is 1. The molecule has 0 heterocycles. The lowest BCUT2D eigenvalue weighted by Gasteiger charge is -2.38. The van der Waals surface area contributed by atoms with Gasteiger partial charge in [0.05, 0.1) is 0 Å². The molecule has 33 heavy (non-hydrogen) atoms. The molecule has 3 N–H and O–H groups in total. The average Bonchev–Trinajstić information content (AvgIpc) is 2.75. The van der Waals surface area contributed by atoms with Crippen molar-refractivity contribution in [1.29, 1.82) is 0 Å². The van der Waals surface area contributed by atoms with Crippen LogP contribution in [0.15, 0.2) is 42.5 Å². The molecule has 0 fully saturated rings. The Hall–Kier alpha value is -2.67. The molecule has 0 bridgehead atoms. The minimum absolute atomic E-state index is 0.114. The van der Waals surface area contributed by atoms with Crippen molar-refractivity contribution in [2.24, 2.45) is 23.7 Å². The maximum Gasteiger partial charge on any atom is 0.256 e. The zero-order valence-corrected chi connectivity index (χ0v) is 21.1. The minimum atomic E-state index is -1.26. The van der Waals surface area contributed by atoms with Crippen LogP contribution in [-0.4, -0.2) is 34.5 Å². The first-order valence-electron chi connectivity index (χ1n) is 11.7. The van der Waals surface area contributed by atoms with Gasteiger partial charge in [0.25, 0.3) is 11.8 Å². The molecule has 2 atom stereocenters. The summed E-state index contributed by atoms with van der Waals surface area (Å²) in [6, 6.07) is 9.64. The molecular formula is C26H41N3O4. The Morgan fingerprint density at radius 3 is 2.12 bits per heavy atom. The second-order valence-electron chi connectivity index (χ2n) is 9.88. The molecule has 1 aromatic carbocycles. The number of amides is 3. The standard InChI is InChI=1S/C26H41N3O4/c1-8-9-15-21(26(6,7)20-13-11-10-12-14-20)23(25(32)28-33)24(31)27-29(17-19(4)5)22(30)16-18(2)3/h9-15,18-19,21,23,33H,8,16-17H2,1-7H3,(H,27,31)(H,28,32)/t21?,23-/m0/s1. The van der Waals surface area contributed by atoms with Gasteiger partial charge in [0, 0.05) is 18.9 Å². The van der Waals surface area contributed by atoms with Crippen LogP contribution in [0.5, 0.6) is 0 Å². The molecule has 0 aliphatic carbocycles. The topological polar surface area (TPSA) is 98.7 Å². The van der Waals surface area contributed by atoms with Gasteiger partial charge in [-0.3, -0.25) is 30.0 Å². The fourth-order valence-corrected chi connectivity index (χ4v) is 3.86. The maximum absolute atomic E-state index is 13.5. The number of hydrogen-bond acceptors (Lipinski definition) is 4. The number of hydrazine groups is 1. The quantitative estimate of drug-likeness (QED) is 0.200. The van der Waals surface area contributed by atoms with Crippen LogP contribution in [0.4, 0.5) is 0 Å². The summed E-state index contributed by atoms with van der Waals surface area (Å²) < 4.78 is 0. The summed E-state index contributed by atoms with van der Waals surface area (Å²) >= 11 is 0. The Balaban J connectivity index is 3.42. The van der Waals surface area contributed by atoms with Gasteiger partial charge in [-0.2, -0.15) is 0 Å². The lowest BCUT2D eigenvalue weighted by atomic mass is 9.67. The lowest BCUT2D eigenvalue weighted by Crippen LogP contribution is -2.55. The van der Waals surface area contributed by atoms with E-state index < -0.39 is 29.1 Å². The Labute approximate surface area is 198 Å². The van der Waals surface area contributed by atoms with Gasteiger partial charge in [-0.1, -0.05) is 91.0 Å². The number of benzene rings is 1. The Morgan fingerprint density at radius 1 is 1.03 bits per heavy atom. The molecule has 1 unspecified atom stereocenters. The van der Waals surface area contributed by atoms with E-state index in [1.807, 2.05) is 91.0 Å². The Morgan fingerprint density at radius 2 is 1.64 bits per heavy atom. The number of hydrogen-bond donors (Lipinski definition) is 3. The molecule has 0 saturated heterocycles. The zero-order chi connectivity index (χ0) is 25.2. The summed E-state index contributed by atoms with van der Waals surface area (Å²) in [5.74, 6) is -3.25. The molecule has 0 spiro atoms. The van der Waals surface area contributed by atoms with E-state index in [2.05, 4.69) is 5.43 Å². The lowest BCUT2D eigenvalue weighted by molar-refractivity contribution is -0.151. The van der Waals surface area contributed by atoms with E-state index in [1.165, 1.54) is 5.01 Å². The van der Waals surface area contributed by atoms with E-state index in [1.54, 1.807) is 5.48 Å². The summed E-state index contributed by atoms with van der Waals surface area (Å²) in [4.78, 5) is 39.1. The molecule has 0 aliphatic rings. The van der Waals surface area contributed by atoms with Crippen LogP contribution in [0.3, 0.4) is 0 Å². The highest BCUT2D eigenvalue weighted by atomic mass is 16.5. The summed E-state index contributed by atoms with van der Waals surface area (Å²) in [7, 11) is 0. The largest absolute Gasteiger partial charge is 0.289 e. The van der Waals surface area contributed by atoms with Gasteiger partial charge in [0.1, 0.15) is 5.92 Å². The van der Waals surface area contributed by atoms with Crippen molar-refractivity contribution in [3.8, 4) is 0 Å². The van der Waals surface area contributed by atoms with Crippen LogP contribution in [0.25, 0.3) is 0 Å².